The molecule has 2 aliphatic rings. The topological polar surface area (TPSA) is 78.9 Å². The van der Waals surface area contributed by atoms with Gasteiger partial charge in [0, 0.05) is 19.6 Å². The molecule has 0 aromatic heterocycles. The first-order valence-corrected chi connectivity index (χ1v) is 5.58. The number of nitrogens with one attached hydrogen (secondary N) is 1. The maximum atomic E-state index is 11.4. The van der Waals surface area contributed by atoms with Gasteiger partial charge in [-0.1, -0.05) is 0 Å². The summed E-state index contributed by atoms with van der Waals surface area (Å²) in [6.07, 6.45) is 1.35. The minimum absolute atomic E-state index is 0.0753. The summed E-state index contributed by atoms with van der Waals surface area (Å²) < 4.78 is 5.35. The fourth-order valence-corrected chi connectivity index (χ4v) is 2.12. The van der Waals surface area contributed by atoms with E-state index in [1.807, 2.05) is 0 Å². The molecule has 2 amide bonds. The van der Waals surface area contributed by atoms with Crippen molar-refractivity contribution in [1.29, 1.82) is 0 Å². The summed E-state index contributed by atoms with van der Waals surface area (Å²) in [5.74, 6) is -0.911. The Morgan fingerprint density at radius 2 is 2.38 bits per heavy atom. The monoisotopic (exact) mass is 228 g/mol. The molecule has 90 valence electrons. The van der Waals surface area contributed by atoms with Gasteiger partial charge in [-0.3, -0.25) is 0 Å². The lowest BCUT2D eigenvalue weighted by Crippen LogP contribution is -2.49. The van der Waals surface area contributed by atoms with Crippen LogP contribution in [0.25, 0.3) is 0 Å². The molecule has 6 nitrogen and oxygen atoms in total. The number of urea groups is 1. The van der Waals surface area contributed by atoms with Crippen LogP contribution in [0.2, 0.25) is 0 Å². The number of carboxylic acids is 1. The third-order valence-corrected chi connectivity index (χ3v) is 2.98. The van der Waals surface area contributed by atoms with Crippen LogP contribution in [-0.2, 0) is 9.53 Å². The van der Waals surface area contributed by atoms with Gasteiger partial charge in [0.2, 0.25) is 0 Å². The lowest BCUT2D eigenvalue weighted by Gasteiger charge is -2.29. The molecule has 16 heavy (non-hydrogen) atoms. The zero-order valence-electron chi connectivity index (χ0n) is 9.02. The van der Waals surface area contributed by atoms with E-state index < -0.39 is 12.1 Å². The number of ether oxygens (including phenoxy) is 1. The van der Waals surface area contributed by atoms with Gasteiger partial charge >= 0.3 is 12.0 Å². The van der Waals surface area contributed by atoms with Crippen molar-refractivity contribution in [2.45, 2.75) is 31.5 Å². The van der Waals surface area contributed by atoms with Crippen molar-refractivity contribution >= 4 is 12.0 Å². The van der Waals surface area contributed by atoms with Gasteiger partial charge in [-0.15, -0.1) is 0 Å². The van der Waals surface area contributed by atoms with Gasteiger partial charge in [-0.25, -0.2) is 9.59 Å². The lowest BCUT2D eigenvalue weighted by atomic mass is 10.2. The average molecular weight is 228 g/mol. The van der Waals surface area contributed by atoms with E-state index in [2.05, 4.69) is 5.32 Å². The minimum atomic E-state index is -0.911. The van der Waals surface area contributed by atoms with Crippen molar-refractivity contribution in [3.63, 3.8) is 0 Å². The van der Waals surface area contributed by atoms with Gasteiger partial charge in [0.15, 0.2) is 6.10 Å². The molecule has 0 aromatic carbocycles. The molecule has 0 aliphatic carbocycles. The highest BCUT2D eigenvalue weighted by Gasteiger charge is 2.32. The second-order valence-electron chi connectivity index (χ2n) is 4.19. The largest absolute Gasteiger partial charge is 0.479 e. The van der Waals surface area contributed by atoms with E-state index in [9.17, 15) is 9.59 Å². The highest BCUT2D eigenvalue weighted by Crippen LogP contribution is 2.21. The van der Waals surface area contributed by atoms with E-state index in [1.165, 1.54) is 0 Å². The predicted molar refractivity (Wildman–Crippen MR) is 55.1 cm³/mol. The van der Waals surface area contributed by atoms with Crippen LogP contribution >= 0.6 is 0 Å². The fourth-order valence-electron chi connectivity index (χ4n) is 2.12. The fraction of sp³-hybridized carbons (Fsp3) is 0.800. The summed E-state index contributed by atoms with van der Waals surface area (Å²) in [6.45, 7) is 1.94. The number of nitrogens with zero attached hydrogens (tertiary/aromatic N) is 1. The third-order valence-electron chi connectivity index (χ3n) is 2.98. The van der Waals surface area contributed by atoms with Crippen LogP contribution in [0.1, 0.15) is 19.3 Å². The van der Waals surface area contributed by atoms with Crippen LogP contribution < -0.4 is 5.32 Å². The zero-order chi connectivity index (χ0) is 11.5. The van der Waals surface area contributed by atoms with Crippen LogP contribution in [0.3, 0.4) is 0 Å². The molecular formula is C10H16N2O4. The Hall–Kier alpha value is -1.30. The van der Waals surface area contributed by atoms with Crippen LogP contribution in [0.5, 0.6) is 0 Å². The van der Waals surface area contributed by atoms with Gasteiger partial charge in [0.05, 0.1) is 6.10 Å². The summed E-state index contributed by atoms with van der Waals surface area (Å²) in [5, 5.41) is 11.5. The Labute approximate surface area is 93.6 Å². The normalized spacial score (nSPS) is 30.2. The van der Waals surface area contributed by atoms with E-state index in [4.69, 9.17) is 9.84 Å². The summed E-state index contributed by atoms with van der Waals surface area (Å²) in [4.78, 5) is 23.8. The molecule has 0 bridgehead atoms. The van der Waals surface area contributed by atoms with Crippen molar-refractivity contribution < 1.29 is 19.4 Å². The van der Waals surface area contributed by atoms with E-state index in [0.29, 0.717) is 19.4 Å². The standard InChI is InChI=1S/C10H16N2O4/c13-9(14)8-3-2-7(16-8)6-12-5-1-4-11-10(12)15/h7-8H,1-6H2,(H,11,15)(H,13,14). The molecule has 2 atom stereocenters. The summed E-state index contributed by atoms with van der Waals surface area (Å²) in [7, 11) is 0. The van der Waals surface area contributed by atoms with Gasteiger partial charge in [0.25, 0.3) is 0 Å². The van der Waals surface area contributed by atoms with E-state index in [0.717, 1.165) is 19.5 Å². The molecular weight excluding hydrogens is 212 g/mol. The minimum Gasteiger partial charge on any atom is -0.479 e. The van der Waals surface area contributed by atoms with Gasteiger partial charge in [0.1, 0.15) is 0 Å². The van der Waals surface area contributed by atoms with Crippen molar-refractivity contribution in [2.24, 2.45) is 0 Å². The second kappa shape index (κ2) is 4.69. The number of carbonyl (C=O) groups is 2. The Morgan fingerprint density at radius 1 is 1.56 bits per heavy atom. The Kier molecular flexibility index (Phi) is 3.28. The maximum Gasteiger partial charge on any atom is 0.332 e. The first-order chi connectivity index (χ1) is 7.66. The van der Waals surface area contributed by atoms with Crippen LogP contribution in [0.15, 0.2) is 0 Å². The van der Waals surface area contributed by atoms with Crippen molar-refractivity contribution in [3.8, 4) is 0 Å². The summed E-state index contributed by atoms with van der Waals surface area (Å²) >= 11 is 0. The molecule has 2 N–H and O–H groups in total. The zero-order valence-corrected chi connectivity index (χ0v) is 9.02. The highest BCUT2D eigenvalue weighted by atomic mass is 16.5. The Morgan fingerprint density at radius 3 is 3.00 bits per heavy atom. The van der Waals surface area contributed by atoms with Crippen LogP contribution in [0, 0.1) is 0 Å². The second-order valence-corrected chi connectivity index (χ2v) is 4.19. The van der Waals surface area contributed by atoms with Crippen molar-refractivity contribution in [2.75, 3.05) is 19.6 Å². The molecule has 0 saturated carbocycles. The molecule has 2 fully saturated rings. The quantitative estimate of drug-likeness (QED) is 0.714. The molecule has 6 heteroatoms. The van der Waals surface area contributed by atoms with Crippen LogP contribution in [-0.4, -0.2) is 53.8 Å². The molecule has 0 radical (unpaired) electrons. The first kappa shape index (κ1) is 11.2. The number of aliphatic carboxylic acids is 1. The number of carbonyl (C=O) groups excluding carboxylic acids is 1. The first-order valence-electron chi connectivity index (χ1n) is 5.58. The van der Waals surface area contributed by atoms with Gasteiger partial charge in [-0.2, -0.15) is 0 Å². The van der Waals surface area contributed by atoms with Gasteiger partial charge < -0.3 is 20.1 Å². The molecule has 2 unspecified atom stereocenters. The lowest BCUT2D eigenvalue weighted by molar-refractivity contribution is -0.149. The van der Waals surface area contributed by atoms with Gasteiger partial charge in [-0.05, 0) is 19.3 Å². The number of carboxylic acid groups (broad SMARTS) is 1. The van der Waals surface area contributed by atoms with E-state index in [-0.39, 0.29) is 12.1 Å². The Bertz CT molecular complexity index is 295. The molecule has 0 spiro atoms. The van der Waals surface area contributed by atoms with Crippen molar-refractivity contribution in [1.82, 2.24) is 10.2 Å². The van der Waals surface area contributed by atoms with E-state index in [1.54, 1.807) is 4.90 Å². The third kappa shape index (κ3) is 2.44. The summed E-state index contributed by atoms with van der Waals surface area (Å²) in [5.41, 5.74) is 0. The van der Waals surface area contributed by atoms with Crippen molar-refractivity contribution in [3.05, 3.63) is 0 Å². The summed E-state index contributed by atoms with van der Waals surface area (Å²) in [6, 6.07) is -0.0753. The SMILES string of the molecule is O=C(O)C1CCC(CN2CCCNC2=O)O1. The highest BCUT2D eigenvalue weighted by molar-refractivity contribution is 5.75. The maximum absolute atomic E-state index is 11.4. The number of hydrogen-bond acceptors (Lipinski definition) is 3. The number of hydrogen-bond donors (Lipinski definition) is 2. The molecule has 2 aliphatic heterocycles. The molecule has 2 saturated heterocycles. The Balaban J connectivity index is 1.82. The predicted octanol–water partition coefficient (Wildman–Crippen LogP) is 0.0339. The van der Waals surface area contributed by atoms with Crippen LogP contribution in [0.4, 0.5) is 4.79 Å². The molecule has 2 rings (SSSR count). The van der Waals surface area contributed by atoms with E-state index >= 15 is 0 Å². The number of rotatable bonds is 3. The number of amides is 2. The molecule has 0 aromatic rings. The molecule has 2 heterocycles. The average Bonchev–Trinajstić information content (AvgIpc) is 2.70. The smallest absolute Gasteiger partial charge is 0.332 e.